The summed E-state index contributed by atoms with van der Waals surface area (Å²) in [5.74, 6) is 0.924. The molecule has 2 N–H and O–H groups in total. The Morgan fingerprint density at radius 1 is 1.27 bits per heavy atom. The zero-order valence-electron chi connectivity index (χ0n) is 10.3. The average molecular weight is 212 g/mol. The first-order valence-electron chi connectivity index (χ1n) is 6.05. The molecule has 0 spiro atoms. The summed E-state index contributed by atoms with van der Waals surface area (Å²) in [5, 5.41) is 6.33. The van der Waals surface area contributed by atoms with Gasteiger partial charge in [-0.2, -0.15) is 0 Å². The van der Waals surface area contributed by atoms with Crippen LogP contribution in [0, 0.1) is 5.92 Å². The number of nitrogens with one attached hydrogen (secondary N) is 2. The van der Waals surface area contributed by atoms with E-state index < -0.39 is 0 Å². The van der Waals surface area contributed by atoms with Crippen molar-refractivity contribution in [2.45, 2.75) is 65.1 Å². The number of rotatable bonds is 4. The van der Waals surface area contributed by atoms with Crippen LogP contribution in [0.15, 0.2) is 0 Å². The number of hydrogen-bond acceptors (Lipinski definition) is 2. The zero-order chi connectivity index (χ0) is 11.4. The van der Waals surface area contributed by atoms with E-state index in [4.69, 9.17) is 0 Å². The lowest BCUT2D eigenvalue weighted by molar-refractivity contribution is -0.123. The van der Waals surface area contributed by atoms with E-state index in [-0.39, 0.29) is 18.0 Å². The fourth-order valence-corrected chi connectivity index (χ4v) is 2.20. The van der Waals surface area contributed by atoms with Gasteiger partial charge in [-0.1, -0.05) is 6.92 Å². The molecule has 0 saturated heterocycles. The molecule has 3 heteroatoms. The number of carbonyl (C=O) groups excluding carboxylic acids is 1. The van der Waals surface area contributed by atoms with Crippen LogP contribution in [0.4, 0.5) is 0 Å². The highest BCUT2D eigenvalue weighted by atomic mass is 16.2. The van der Waals surface area contributed by atoms with Crippen LogP contribution in [-0.2, 0) is 4.79 Å². The molecule has 0 aromatic heterocycles. The van der Waals surface area contributed by atoms with E-state index in [0.717, 1.165) is 5.92 Å². The van der Waals surface area contributed by atoms with Crippen molar-refractivity contribution in [3.05, 3.63) is 0 Å². The van der Waals surface area contributed by atoms with Gasteiger partial charge in [0.05, 0.1) is 6.04 Å². The maximum atomic E-state index is 11.6. The predicted octanol–water partition coefficient (Wildman–Crippen LogP) is 1.68. The van der Waals surface area contributed by atoms with Crippen LogP contribution in [0.5, 0.6) is 0 Å². The Hall–Kier alpha value is -0.570. The molecule has 3 unspecified atom stereocenters. The van der Waals surface area contributed by atoms with Crippen molar-refractivity contribution in [1.29, 1.82) is 0 Å². The van der Waals surface area contributed by atoms with Crippen LogP contribution in [0.2, 0.25) is 0 Å². The second-order valence-corrected chi connectivity index (χ2v) is 5.17. The molecule has 0 aliphatic heterocycles. The van der Waals surface area contributed by atoms with Gasteiger partial charge in [-0.05, 0) is 46.0 Å². The third-order valence-electron chi connectivity index (χ3n) is 3.00. The molecule has 1 aliphatic carbocycles. The molecule has 3 atom stereocenters. The predicted molar refractivity (Wildman–Crippen MR) is 62.7 cm³/mol. The second-order valence-electron chi connectivity index (χ2n) is 5.17. The summed E-state index contributed by atoms with van der Waals surface area (Å²) in [6.07, 6.45) is 3.70. The highest BCUT2D eigenvalue weighted by Crippen LogP contribution is 2.24. The van der Waals surface area contributed by atoms with E-state index in [1.165, 1.54) is 19.3 Å². The lowest BCUT2D eigenvalue weighted by Gasteiger charge is -2.20. The molecule has 1 aliphatic rings. The molecule has 88 valence electrons. The maximum Gasteiger partial charge on any atom is 0.237 e. The van der Waals surface area contributed by atoms with Crippen LogP contribution >= 0.6 is 0 Å². The Balaban J connectivity index is 2.28. The van der Waals surface area contributed by atoms with Gasteiger partial charge in [0.1, 0.15) is 0 Å². The average Bonchev–Trinajstić information content (AvgIpc) is 2.50. The van der Waals surface area contributed by atoms with E-state index >= 15 is 0 Å². The van der Waals surface area contributed by atoms with Crippen molar-refractivity contribution in [2.75, 3.05) is 0 Å². The van der Waals surface area contributed by atoms with E-state index in [2.05, 4.69) is 17.6 Å². The summed E-state index contributed by atoms with van der Waals surface area (Å²) in [6.45, 7) is 8.20. The Morgan fingerprint density at radius 3 is 2.40 bits per heavy atom. The van der Waals surface area contributed by atoms with Crippen molar-refractivity contribution in [2.24, 2.45) is 5.92 Å². The topological polar surface area (TPSA) is 41.1 Å². The molecule has 0 aromatic rings. The van der Waals surface area contributed by atoms with Crippen molar-refractivity contribution < 1.29 is 4.79 Å². The van der Waals surface area contributed by atoms with Crippen LogP contribution in [0.3, 0.4) is 0 Å². The molecule has 0 radical (unpaired) electrons. The SMILES string of the molecule is CC1CCC(NC(C)C(=O)NC(C)C)C1. The Bertz CT molecular complexity index is 216. The summed E-state index contributed by atoms with van der Waals surface area (Å²) in [7, 11) is 0. The first kappa shape index (κ1) is 12.5. The molecule has 15 heavy (non-hydrogen) atoms. The third-order valence-corrected chi connectivity index (χ3v) is 3.00. The summed E-state index contributed by atoms with van der Waals surface area (Å²) in [5.41, 5.74) is 0. The molecule has 0 bridgehead atoms. The van der Waals surface area contributed by atoms with Gasteiger partial charge in [-0.25, -0.2) is 0 Å². The van der Waals surface area contributed by atoms with E-state index in [1.807, 2.05) is 20.8 Å². The number of carbonyl (C=O) groups is 1. The van der Waals surface area contributed by atoms with Crippen molar-refractivity contribution in [3.63, 3.8) is 0 Å². The molecule has 0 aromatic carbocycles. The fraction of sp³-hybridized carbons (Fsp3) is 0.917. The Morgan fingerprint density at radius 2 is 1.93 bits per heavy atom. The Kier molecular flexibility index (Phi) is 4.58. The van der Waals surface area contributed by atoms with Gasteiger partial charge in [0.25, 0.3) is 0 Å². The summed E-state index contributed by atoms with van der Waals surface area (Å²) >= 11 is 0. The minimum absolute atomic E-state index is 0.0669. The highest BCUT2D eigenvalue weighted by Gasteiger charge is 2.24. The lowest BCUT2D eigenvalue weighted by Crippen LogP contribution is -2.47. The molecule has 1 rings (SSSR count). The largest absolute Gasteiger partial charge is 0.353 e. The van der Waals surface area contributed by atoms with Gasteiger partial charge in [-0.3, -0.25) is 4.79 Å². The minimum Gasteiger partial charge on any atom is -0.353 e. The molecule has 0 heterocycles. The van der Waals surface area contributed by atoms with E-state index in [9.17, 15) is 4.79 Å². The monoisotopic (exact) mass is 212 g/mol. The van der Waals surface area contributed by atoms with Crippen molar-refractivity contribution in [1.82, 2.24) is 10.6 Å². The molecule has 1 fully saturated rings. The van der Waals surface area contributed by atoms with Crippen LogP contribution < -0.4 is 10.6 Å². The van der Waals surface area contributed by atoms with Gasteiger partial charge in [0, 0.05) is 12.1 Å². The molecule has 3 nitrogen and oxygen atoms in total. The summed E-state index contributed by atoms with van der Waals surface area (Å²) < 4.78 is 0. The van der Waals surface area contributed by atoms with Crippen molar-refractivity contribution in [3.8, 4) is 0 Å². The lowest BCUT2D eigenvalue weighted by atomic mass is 10.1. The van der Waals surface area contributed by atoms with E-state index in [0.29, 0.717) is 6.04 Å². The van der Waals surface area contributed by atoms with Crippen LogP contribution in [0.25, 0.3) is 0 Å². The fourth-order valence-electron chi connectivity index (χ4n) is 2.20. The molecule has 1 amide bonds. The minimum atomic E-state index is -0.0669. The summed E-state index contributed by atoms with van der Waals surface area (Å²) in [6, 6.07) is 0.694. The van der Waals surface area contributed by atoms with Gasteiger partial charge in [0.15, 0.2) is 0 Å². The normalized spacial score (nSPS) is 28.1. The van der Waals surface area contributed by atoms with Gasteiger partial charge in [-0.15, -0.1) is 0 Å². The van der Waals surface area contributed by atoms with Gasteiger partial charge < -0.3 is 10.6 Å². The molecule has 1 saturated carbocycles. The number of amides is 1. The standard InChI is InChI=1S/C12H24N2O/c1-8(2)13-12(15)10(4)14-11-6-5-9(3)7-11/h8-11,14H,5-7H2,1-4H3,(H,13,15). The molecular weight excluding hydrogens is 188 g/mol. The first-order chi connectivity index (χ1) is 6.99. The van der Waals surface area contributed by atoms with Crippen LogP contribution in [-0.4, -0.2) is 24.0 Å². The van der Waals surface area contributed by atoms with Gasteiger partial charge >= 0.3 is 0 Å². The highest BCUT2D eigenvalue weighted by molar-refractivity contribution is 5.81. The van der Waals surface area contributed by atoms with E-state index in [1.54, 1.807) is 0 Å². The third kappa shape index (κ3) is 4.20. The van der Waals surface area contributed by atoms with Gasteiger partial charge in [0.2, 0.25) is 5.91 Å². The number of hydrogen-bond donors (Lipinski definition) is 2. The zero-order valence-corrected chi connectivity index (χ0v) is 10.3. The first-order valence-corrected chi connectivity index (χ1v) is 6.05. The van der Waals surface area contributed by atoms with Crippen molar-refractivity contribution >= 4 is 5.91 Å². The maximum absolute atomic E-state index is 11.6. The molecular formula is C12H24N2O. The van der Waals surface area contributed by atoms with Crippen LogP contribution in [0.1, 0.15) is 47.0 Å². The summed E-state index contributed by atoms with van der Waals surface area (Å²) in [4.78, 5) is 11.6. The quantitative estimate of drug-likeness (QED) is 0.744. The smallest absolute Gasteiger partial charge is 0.237 e. The Labute approximate surface area is 93.0 Å². The second kappa shape index (κ2) is 5.50.